The lowest BCUT2D eigenvalue weighted by Gasteiger charge is -2.11. The van der Waals surface area contributed by atoms with Gasteiger partial charge in [-0.3, -0.25) is 4.99 Å². The maximum atomic E-state index is 13.2. The van der Waals surface area contributed by atoms with Gasteiger partial charge in [-0.15, -0.1) is 0 Å². The minimum Gasteiger partial charge on any atom is -0.361 e. The lowest BCUT2D eigenvalue weighted by atomic mass is 10.1. The summed E-state index contributed by atoms with van der Waals surface area (Å²) in [6.45, 7) is 1.48. The molecule has 0 fully saturated rings. The van der Waals surface area contributed by atoms with Crippen LogP contribution in [0, 0.1) is 5.82 Å². The van der Waals surface area contributed by atoms with Gasteiger partial charge in [-0.2, -0.15) is 0 Å². The molecule has 0 aliphatic carbocycles. The molecule has 0 radical (unpaired) electrons. The summed E-state index contributed by atoms with van der Waals surface area (Å²) in [6, 6.07) is 15.0. The number of nitrogens with one attached hydrogen (secondary N) is 3. The van der Waals surface area contributed by atoms with Crippen molar-refractivity contribution in [2.24, 2.45) is 4.99 Å². The fourth-order valence-electron chi connectivity index (χ4n) is 2.68. The van der Waals surface area contributed by atoms with Crippen molar-refractivity contribution in [3.8, 4) is 0 Å². The molecule has 24 heavy (non-hydrogen) atoms. The van der Waals surface area contributed by atoms with E-state index in [0.717, 1.165) is 41.9 Å². The van der Waals surface area contributed by atoms with E-state index in [4.69, 9.17) is 0 Å². The Morgan fingerprint density at radius 1 is 1.12 bits per heavy atom. The first-order valence-electron chi connectivity index (χ1n) is 8.00. The lowest BCUT2D eigenvalue weighted by Crippen LogP contribution is -2.37. The van der Waals surface area contributed by atoms with Crippen LogP contribution in [0.3, 0.4) is 0 Å². The minimum atomic E-state index is -0.223. The first-order valence-corrected chi connectivity index (χ1v) is 8.00. The molecule has 0 spiro atoms. The number of aromatic nitrogens is 1. The molecule has 2 aromatic carbocycles. The highest BCUT2D eigenvalue weighted by Crippen LogP contribution is 2.19. The number of hydrogen-bond acceptors (Lipinski definition) is 1. The molecule has 0 aliphatic heterocycles. The van der Waals surface area contributed by atoms with E-state index in [2.05, 4.69) is 32.7 Å². The van der Waals surface area contributed by atoms with Crippen molar-refractivity contribution in [3.63, 3.8) is 0 Å². The third-order valence-corrected chi connectivity index (χ3v) is 3.94. The Labute approximate surface area is 140 Å². The number of aliphatic imine (C=N–C) groups is 1. The van der Waals surface area contributed by atoms with Crippen molar-refractivity contribution < 1.29 is 4.39 Å². The number of H-pyrrole nitrogens is 1. The second-order valence-electron chi connectivity index (χ2n) is 5.59. The van der Waals surface area contributed by atoms with E-state index in [9.17, 15) is 4.39 Å². The van der Waals surface area contributed by atoms with Gasteiger partial charge in [0.05, 0.1) is 0 Å². The van der Waals surface area contributed by atoms with Gasteiger partial charge >= 0.3 is 0 Å². The van der Waals surface area contributed by atoms with E-state index in [1.165, 1.54) is 17.7 Å². The van der Waals surface area contributed by atoms with Crippen LogP contribution in [0.2, 0.25) is 0 Å². The number of guanidine groups is 1. The van der Waals surface area contributed by atoms with Gasteiger partial charge in [-0.1, -0.05) is 30.3 Å². The van der Waals surface area contributed by atoms with Gasteiger partial charge in [0.2, 0.25) is 0 Å². The van der Waals surface area contributed by atoms with Gasteiger partial charge in [0.15, 0.2) is 5.96 Å². The SMILES string of the molecule is CN=C(NCCc1c[nH]c2cc(F)ccc12)NCc1ccccc1. The second kappa shape index (κ2) is 7.64. The number of nitrogens with zero attached hydrogens (tertiary/aromatic N) is 1. The Kier molecular flexibility index (Phi) is 5.11. The largest absolute Gasteiger partial charge is 0.361 e. The van der Waals surface area contributed by atoms with Gasteiger partial charge in [0.25, 0.3) is 0 Å². The molecule has 0 amide bonds. The van der Waals surface area contributed by atoms with Crippen molar-refractivity contribution in [1.82, 2.24) is 15.6 Å². The zero-order valence-electron chi connectivity index (χ0n) is 13.6. The van der Waals surface area contributed by atoms with Gasteiger partial charge in [0, 0.05) is 37.2 Å². The van der Waals surface area contributed by atoms with Gasteiger partial charge in [0.1, 0.15) is 5.82 Å². The predicted molar refractivity (Wildman–Crippen MR) is 96.6 cm³/mol. The highest BCUT2D eigenvalue weighted by molar-refractivity contribution is 5.83. The maximum Gasteiger partial charge on any atom is 0.191 e. The molecule has 0 unspecified atom stereocenters. The molecule has 3 aromatic rings. The molecular formula is C19H21FN4. The quantitative estimate of drug-likeness (QED) is 0.498. The normalized spacial score (nSPS) is 11.7. The number of halogens is 1. The molecule has 1 aromatic heterocycles. The van der Waals surface area contributed by atoms with Gasteiger partial charge in [-0.05, 0) is 35.7 Å². The predicted octanol–water partition coefficient (Wildman–Crippen LogP) is 3.21. The average Bonchev–Trinajstić information content (AvgIpc) is 3.01. The Morgan fingerprint density at radius 2 is 1.96 bits per heavy atom. The minimum absolute atomic E-state index is 0.223. The van der Waals surface area contributed by atoms with E-state index in [0.29, 0.717) is 0 Å². The Hall–Kier alpha value is -2.82. The van der Waals surface area contributed by atoms with Crippen LogP contribution in [0.5, 0.6) is 0 Å². The van der Waals surface area contributed by atoms with Crippen LogP contribution in [0.1, 0.15) is 11.1 Å². The zero-order valence-corrected chi connectivity index (χ0v) is 13.6. The standard InChI is InChI=1S/C19H21FN4/c1-21-19(24-12-14-5-3-2-4-6-14)22-10-9-15-13-23-18-11-16(20)7-8-17(15)18/h2-8,11,13,23H,9-10,12H2,1H3,(H2,21,22,24). The molecule has 0 bridgehead atoms. The van der Waals surface area contributed by atoms with Crippen LogP contribution < -0.4 is 10.6 Å². The smallest absolute Gasteiger partial charge is 0.191 e. The summed E-state index contributed by atoms with van der Waals surface area (Å²) < 4.78 is 13.2. The fourth-order valence-corrected chi connectivity index (χ4v) is 2.68. The molecule has 5 heteroatoms. The van der Waals surface area contributed by atoms with Crippen molar-refractivity contribution in [2.45, 2.75) is 13.0 Å². The third kappa shape index (κ3) is 3.93. The van der Waals surface area contributed by atoms with Crippen LogP contribution in [0.25, 0.3) is 10.9 Å². The van der Waals surface area contributed by atoms with Crippen molar-refractivity contribution in [2.75, 3.05) is 13.6 Å². The first-order chi connectivity index (χ1) is 11.8. The number of aromatic amines is 1. The summed E-state index contributed by atoms with van der Waals surface area (Å²) in [4.78, 5) is 7.35. The summed E-state index contributed by atoms with van der Waals surface area (Å²) in [7, 11) is 1.76. The molecule has 124 valence electrons. The topological polar surface area (TPSA) is 52.2 Å². The number of fused-ring (bicyclic) bond motifs is 1. The highest BCUT2D eigenvalue weighted by Gasteiger charge is 2.05. The summed E-state index contributed by atoms with van der Waals surface area (Å²) >= 11 is 0. The van der Waals surface area contributed by atoms with E-state index < -0.39 is 0 Å². The number of benzene rings is 2. The van der Waals surface area contributed by atoms with Gasteiger partial charge in [-0.25, -0.2) is 4.39 Å². The van der Waals surface area contributed by atoms with E-state index in [-0.39, 0.29) is 5.82 Å². The van der Waals surface area contributed by atoms with Crippen molar-refractivity contribution in [1.29, 1.82) is 0 Å². The molecule has 0 saturated heterocycles. The summed E-state index contributed by atoms with van der Waals surface area (Å²) in [6.07, 6.45) is 2.77. The summed E-state index contributed by atoms with van der Waals surface area (Å²) in [5.41, 5.74) is 3.20. The molecule has 3 N–H and O–H groups in total. The lowest BCUT2D eigenvalue weighted by molar-refractivity contribution is 0.629. The Morgan fingerprint density at radius 3 is 2.75 bits per heavy atom. The average molecular weight is 324 g/mol. The second-order valence-corrected chi connectivity index (χ2v) is 5.59. The molecule has 4 nitrogen and oxygen atoms in total. The van der Waals surface area contributed by atoms with E-state index >= 15 is 0 Å². The Balaban J connectivity index is 1.52. The Bertz CT molecular complexity index is 824. The molecular weight excluding hydrogens is 303 g/mol. The van der Waals surface area contributed by atoms with E-state index in [1.54, 1.807) is 7.05 Å². The number of hydrogen-bond donors (Lipinski definition) is 3. The molecule has 0 atom stereocenters. The van der Waals surface area contributed by atoms with Crippen molar-refractivity contribution in [3.05, 3.63) is 71.7 Å². The van der Waals surface area contributed by atoms with E-state index in [1.807, 2.05) is 30.5 Å². The first kappa shape index (κ1) is 16.1. The van der Waals surface area contributed by atoms with Crippen LogP contribution in [0.4, 0.5) is 4.39 Å². The van der Waals surface area contributed by atoms with Crippen LogP contribution in [-0.2, 0) is 13.0 Å². The fraction of sp³-hybridized carbons (Fsp3) is 0.211. The molecule has 3 rings (SSSR count). The summed E-state index contributed by atoms with van der Waals surface area (Å²) in [5.74, 6) is 0.546. The molecule has 0 saturated carbocycles. The van der Waals surface area contributed by atoms with Crippen molar-refractivity contribution >= 4 is 16.9 Å². The highest BCUT2D eigenvalue weighted by atomic mass is 19.1. The maximum absolute atomic E-state index is 13.2. The third-order valence-electron chi connectivity index (χ3n) is 3.94. The van der Waals surface area contributed by atoms with Crippen LogP contribution in [-0.4, -0.2) is 24.5 Å². The summed E-state index contributed by atoms with van der Waals surface area (Å²) in [5, 5.41) is 7.66. The monoisotopic (exact) mass is 324 g/mol. The van der Waals surface area contributed by atoms with Crippen LogP contribution >= 0.6 is 0 Å². The number of rotatable bonds is 5. The van der Waals surface area contributed by atoms with Gasteiger partial charge < -0.3 is 15.6 Å². The molecule has 1 heterocycles. The zero-order chi connectivity index (χ0) is 16.8. The van der Waals surface area contributed by atoms with Crippen LogP contribution in [0.15, 0.2) is 59.7 Å². The molecule has 0 aliphatic rings.